The van der Waals surface area contributed by atoms with Gasteiger partial charge < -0.3 is 9.47 Å². The maximum absolute atomic E-state index is 10.2. The molecule has 0 aromatic heterocycles. The van der Waals surface area contributed by atoms with Crippen molar-refractivity contribution in [2.24, 2.45) is 5.92 Å². The molecule has 0 saturated heterocycles. The third-order valence-corrected chi connectivity index (χ3v) is 2.16. The average molecular weight is 216 g/mol. The van der Waals surface area contributed by atoms with E-state index in [9.17, 15) is 4.79 Å². The van der Waals surface area contributed by atoms with Gasteiger partial charge in [-0.15, -0.1) is 0 Å². The van der Waals surface area contributed by atoms with Gasteiger partial charge in [0.1, 0.15) is 6.10 Å². The molecule has 0 N–H and O–H groups in total. The Balaban J connectivity index is 3.85. The lowest BCUT2D eigenvalue weighted by Gasteiger charge is -2.21. The monoisotopic (exact) mass is 216 g/mol. The molecule has 0 rings (SSSR count). The Morgan fingerprint density at radius 1 is 1.27 bits per heavy atom. The fourth-order valence-electron chi connectivity index (χ4n) is 1.44. The highest BCUT2D eigenvalue weighted by atomic mass is 16.5. The van der Waals surface area contributed by atoms with Crippen molar-refractivity contribution in [1.29, 1.82) is 0 Å². The first-order chi connectivity index (χ1) is 7.10. The lowest BCUT2D eigenvalue weighted by atomic mass is 10.1. The first-order valence-electron chi connectivity index (χ1n) is 5.80. The molecule has 0 bridgehead atoms. The molecular weight excluding hydrogens is 192 g/mol. The Kier molecular flexibility index (Phi) is 8.38. The van der Waals surface area contributed by atoms with Crippen LogP contribution in [0.3, 0.4) is 0 Å². The molecule has 0 spiro atoms. The fraction of sp³-hybridized carbons (Fsp3) is 0.917. The van der Waals surface area contributed by atoms with Gasteiger partial charge in [0, 0.05) is 13.0 Å². The molecular formula is C12H24O3. The molecule has 0 saturated carbocycles. The average Bonchev–Trinajstić information content (AvgIpc) is 2.15. The van der Waals surface area contributed by atoms with Crippen LogP contribution in [0.5, 0.6) is 0 Å². The third-order valence-electron chi connectivity index (χ3n) is 2.16. The van der Waals surface area contributed by atoms with E-state index in [1.54, 1.807) is 0 Å². The van der Waals surface area contributed by atoms with Crippen LogP contribution in [0.15, 0.2) is 0 Å². The number of carbonyl (C=O) groups is 1. The normalized spacial score (nSPS) is 15.0. The Morgan fingerprint density at radius 3 is 2.40 bits per heavy atom. The van der Waals surface area contributed by atoms with Gasteiger partial charge >= 0.3 is 0 Å². The van der Waals surface area contributed by atoms with Crippen LogP contribution in [0.1, 0.15) is 47.0 Å². The number of hydrogen-bond acceptors (Lipinski definition) is 3. The van der Waals surface area contributed by atoms with E-state index in [-0.39, 0.29) is 12.2 Å². The van der Waals surface area contributed by atoms with Crippen molar-refractivity contribution in [3.63, 3.8) is 0 Å². The van der Waals surface area contributed by atoms with Gasteiger partial charge in [0.15, 0.2) is 0 Å². The zero-order chi connectivity index (χ0) is 11.7. The van der Waals surface area contributed by atoms with Gasteiger partial charge in [0.25, 0.3) is 6.47 Å². The van der Waals surface area contributed by atoms with Gasteiger partial charge in [-0.2, -0.15) is 0 Å². The third kappa shape index (κ3) is 8.43. The second kappa shape index (κ2) is 8.72. The van der Waals surface area contributed by atoms with Crippen molar-refractivity contribution in [2.45, 2.75) is 59.2 Å². The van der Waals surface area contributed by atoms with Crippen molar-refractivity contribution in [2.75, 3.05) is 6.61 Å². The second-order valence-electron chi connectivity index (χ2n) is 4.42. The summed E-state index contributed by atoms with van der Waals surface area (Å²) in [6.45, 7) is 9.59. The van der Waals surface area contributed by atoms with Gasteiger partial charge in [-0.3, -0.25) is 4.79 Å². The zero-order valence-electron chi connectivity index (χ0n) is 10.4. The molecule has 0 aliphatic heterocycles. The number of carbonyl (C=O) groups excluding carboxylic acids is 1. The van der Waals surface area contributed by atoms with Crippen LogP contribution in [0.2, 0.25) is 0 Å². The summed E-state index contributed by atoms with van der Waals surface area (Å²) in [6.07, 6.45) is 3.08. The van der Waals surface area contributed by atoms with Gasteiger partial charge in [0.05, 0.1) is 6.10 Å². The molecule has 3 heteroatoms. The second-order valence-corrected chi connectivity index (χ2v) is 4.42. The summed E-state index contributed by atoms with van der Waals surface area (Å²) < 4.78 is 10.6. The predicted molar refractivity (Wildman–Crippen MR) is 60.7 cm³/mol. The minimum absolute atomic E-state index is 0.0498. The quantitative estimate of drug-likeness (QED) is 0.556. The van der Waals surface area contributed by atoms with E-state index in [0.29, 0.717) is 12.4 Å². The summed E-state index contributed by atoms with van der Waals surface area (Å²) in [5.41, 5.74) is 0. The van der Waals surface area contributed by atoms with Crippen LogP contribution in [-0.4, -0.2) is 25.3 Å². The Hall–Kier alpha value is -0.570. The predicted octanol–water partition coefficient (Wildman–Crippen LogP) is 2.78. The Morgan fingerprint density at radius 2 is 1.93 bits per heavy atom. The van der Waals surface area contributed by atoms with Crippen molar-refractivity contribution >= 4 is 6.47 Å². The highest BCUT2D eigenvalue weighted by Crippen LogP contribution is 2.12. The first kappa shape index (κ1) is 14.4. The summed E-state index contributed by atoms with van der Waals surface area (Å²) in [4.78, 5) is 10.2. The Bertz CT molecular complexity index is 157. The molecule has 0 aromatic rings. The zero-order valence-corrected chi connectivity index (χ0v) is 10.4. The first-order valence-corrected chi connectivity index (χ1v) is 5.80. The largest absolute Gasteiger partial charge is 0.465 e. The van der Waals surface area contributed by atoms with Crippen LogP contribution in [0.4, 0.5) is 0 Å². The summed E-state index contributed by atoms with van der Waals surface area (Å²) in [5.74, 6) is 0.548. The molecule has 0 heterocycles. The summed E-state index contributed by atoms with van der Waals surface area (Å²) in [7, 11) is 0. The van der Waals surface area contributed by atoms with Crippen molar-refractivity contribution in [1.82, 2.24) is 0 Å². The molecule has 0 fully saturated rings. The van der Waals surface area contributed by atoms with Gasteiger partial charge in [-0.25, -0.2) is 0 Å². The highest BCUT2D eigenvalue weighted by molar-refractivity contribution is 5.37. The van der Waals surface area contributed by atoms with Crippen LogP contribution in [-0.2, 0) is 14.3 Å². The Labute approximate surface area is 93.1 Å². The van der Waals surface area contributed by atoms with E-state index in [0.717, 1.165) is 25.9 Å². The number of rotatable bonds is 9. The smallest absolute Gasteiger partial charge is 0.293 e. The van der Waals surface area contributed by atoms with E-state index in [4.69, 9.17) is 9.47 Å². The molecule has 0 aliphatic carbocycles. The molecule has 15 heavy (non-hydrogen) atoms. The molecule has 2 atom stereocenters. The molecule has 90 valence electrons. The molecule has 0 amide bonds. The maximum atomic E-state index is 10.2. The van der Waals surface area contributed by atoms with Gasteiger partial charge in [-0.05, 0) is 19.3 Å². The van der Waals surface area contributed by atoms with Crippen molar-refractivity contribution < 1.29 is 14.3 Å². The molecule has 3 nitrogen and oxygen atoms in total. The topological polar surface area (TPSA) is 35.5 Å². The highest BCUT2D eigenvalue weighted by Gasteiger charge is 2.14. The van der Waals surface area contributed by atoms with E-state index < -0.39 is 0 Å². The van der Waals surface area contributed by atoms with Crippen molar-refractivity contribution in [3.05, 3.63) is 0 Å². The van der Waals surface area contributed by atoms with E-state index in [1.807, 2.05) is 6.92 Å². The lowest BCUT2D eigenvalue weighted by molar-refractivity contribution is -0.134. The maximum Gasteiger partial charge on any atom is 0.293 e. The molecule has 2 unspecified atom stereocenters. The van der Waals surface area contributed by atoms with Crippen molar-refractivity contribution in [3.8, 4) is 0 Å². The van der Waals surface area contributed by atoms with E-state index in [1.165, 1.54) is 0 Å². The van der Waals surface area contributed by atoms with Crippen LogP contribution in [0.25, 0.3) is 0 Å². The standard InChI is InChI=1S/C12H24O3/c1-5-6-12(14-8-10(2)3)7-11(4)15-9-13/h9-12H,5-8H2,1-4H3. The number of ether oxygens (including phenoxy) is 2. The molecule has 0 radical (unpaired) electrons. The van der Waals surface area contributed by atoms with Crippen LogP contribution >= 0.6 is 0 Å². The van der Waals surface area contributed by atoms with Crippen LogP contribution in [0, 0.1) is 5.92 Å². The molecule has 0 aliphatic rings. The molecule has 0 aromatic carbocycles. The van der Waals surface area contributed by atoms with Gasteiger partial charge in [0.2, 0.25) is 0 Å². The van der Waals surface area contributed by atoms with E-state index in [2.05, 4.69) is 20.8 Å². The summed E-state index contributed by atoms with van der Waals surface area (Å²) in [5, 5.41) is 0. The summed E-state index contributed by atoms with van der Waals surface area (Å²) >= 11 is 0. The fourth-order valence-corrected chi connectivity index (χ4v) is 1.44. The minimum Gasteiger partial charge on any atom is -0.465 e. The summed E-state index contributed by atoms with van der Waals surface area (Å²) in [6, 6.07) is 0. The van der Waals surface area contributed by atoms with E-state index >= 15 is 0 Å². The number of hydrogen-bond donors (Lipinski definition) is 0. The SMILES string of the molecule is CCCC(CC(C)OC=O)OCC(C)C. The van der Waals surface area contributed by atoms with Gasteiger partial charge in [-0.1, -0.05) is 27.2 Å². The van der Waals surface area contributed by atoms with Crippen LogP contribution < -0.4 is 0 Å². The minimum atomic E-state index is -0.0498. The lowest BCUT2D eigenvalue weighted by Crippen LogP contribution is -2.22.